The number of alkyl halides is 6. The number of halogens is 8. The number of benzene rings is 1. The summed E-state index contributed by atoms with van der Waals surface area (Å²) in [4.78, 5) is 0. The van der Waals surface area contributed by atoms with E-state index in [1.807, 2.05) is 0 Å². The molecule has 0 aliphatic carbocycles. The second-order valence-electron chi connectivity index (χ2n) is 3.05. The lowest BCUT2D eigenvalue weighted by atomic mass is 10.1. The highest BCUT2D eigenvalue weighted by molar-refractivity contribution is 5.37. The van der Waals surface area contributed by atoms with Gasteiger partial charge < -0.3 is 0 Å². The van der Waals surface area contributed by atoms with Crippen molar-refractivity contribution in [3.8, 4) is 0 Å². The second-order valence-corrected chi connectivity index (χ2v) is 3.05. The average molecular weight is 263 g/mol. The van der Waals surface area contributed by atoms with Gasteiger partial charge in [-0.25, -0.2) is 0 Å². The molecule has 0 aromatic heterocycles. The minimum Gasteiger partial charge on any atom is -0.194 e. The Morgan fingerprint density at radius 3 is 1.29 bits per heavy atom. The molecule has 0 saturated carbocycles. The molecule has 1 aromatic carbocycles. The van der Waals surface area contributed by atoms with Crippen molar-refractivity contribution in [1.29, 1.82) is 0 Å². The summed E-state index contributed by atoms with van der Waals surface area (Å²) in [5.74, 6) is 0. The molecule has 0 amide bonds. The van der Waals surface area contributed by atoms with E-state index in [0.29, 0.717) is 0 Å². The molecule has 0 nitrogen and oxygen atoms in total. The summed E-state index contributed by atoms with van der Waals surface area (Å²) < 4.78 is 97.2. The van der Waals surface area contributed by atoms with Crippen LogP contribution in [0.1, 0.15) is 16.7 Å². The molecule has 0 aliphatic rings. The fourth-order valence-electron chi connectivity index (χ4n) is 1.06. The van der Waals surface area contributed by atoms with Crippen molar-refractivity contribution < 1.29 is 35.1 Å². The second kappa shape index (κ2) is 4.15. The average Bonchev–Trinajstić information content (AvgIpc) is 2.14. The van der Waals surface area contributed by atoms with Crippen molar-refractivity contribution >= 4 is 0 Å². The molecular formula is C9H3F8. The van der Waals surface area contributed by atoms with Crippen LogP contribution in [0.15, 0.2) is 18.2 Å². The smallest absolute Gasteiger partial charge is 0.194 e. The van der Waals surface area contributed by atoms with Crippen LogP contribution in [0.2, 0.25) is 0 Å². The zero-order valence-corrected chi connectivity index (χ0v) is 7.76. The molecule has 0 spiro atoms. The summed E-state index contributed by atoms with van der Waals surface area (Å²) in [6.07, 6.45) is -12.8. The topological polar surface area (TPSA) is 0 Å². The van der Waals surface area contributed by atoms with Crippen molar-refractivity contribution in [1.82, 2.24) is 0 Å². The molecule has 8 heteroatoms. The highest BCUT2D eigenvalue weighted by atomic mass is 19.4. The summed E-state index contributed by atoms with van der Waals surface area (Å²) in [5.41, 5.74) is -4.93. The molecule has 0 N–H and O–H groups in total. The van der Waals surface area contributed by atoms with E-state index >= 15 is 0 Å². The number of hydrogen-bond acceptors (Lipinski definition) is 0. The zero-order valence-electron chi connectivity index (χ0n) is 7.76. The van der Waals surface area contributed by atoms with Gasteiger partial charge in [-0.1, -0.05) is 0 Å². The maximum absolute atomic E-state index is 12.2. The summed E-state index contributed by atoms with van der Waals surface area (Å²) in [7, 11) is 0. The minimum absolute atomic E-state index is 0.0371. The molecule has 1 rings (SSSR count). The maximum atomic E-state index is 12.2. The Labute approximate surface area is 89.9 Å². The van der Waals surface area contributed by atoms with Gasteiger partial charge in [0.1, 0.15) is 0 Å². The van der Waals surface area contributed by atoms with Crippen molar-refractivity contribution in [2.75, 3.05) is 0 Å². The predicted octanol–water partition coefficient (Wildman–Crippen LogP) is 4.50. The summed E-state index contributed by atoms with van der Waals surface area (Å²) in [6, 6.07) is -0.290. The van der Waals surface area contributed by atoms with Gasteiger partial charge in [-0.15, -0.1) is 0 Å². The van der Waals surface area contributed by atoms with E-state index in [0.717, 1.165) is 0 Å². The molecule has 0 atom stereocenters. The highest BCUT2D eigenvalue weighted by Crippen LogP contribution is 2.37. The Hall–Kier alpha value is -1.34. The van der Waals surface area contributed by atoms with E-state index in [1.54, 1.807) is 0 Å². The van der Waals surface area contributed by atoms with Crippen LogP contribution < -0.4 is 0 Å². The van der Waals surface area contributed by atoms with Crippen molar-refractivity contribution in [2.45, 2.75) is 12.4 Å². The Balaban J connectivity index is 3.40. The van der Waals surface area contributed by atoms with Crippen LogP contribution in [-0.2, 0) is 12.4 Å². The molecule has 0 unspecified atom stereocenters. The van der Waals surface area contributed by atoms with Crippen LogP contribution in [0.4, 0.5) is 35.1 Å². The monoisotopic (exact) mass is 263 g/mol. The molecule has 0 saturated heterocycles. The quantitative estimate of drug-likeness (QED) is 0.654. The van der Waals surface area contributed by atoms with Gasteiger partial charge in [0, 0.05) is 5.56 Å². The van der Waals surface area contributed by atoms with Gasteiger partial charge in [-0.3, -0.25) is 0 Å². The highest BCUT2D eigenvalue weighted by Gasteiger charge is 2.37. The Kier molecular flexibility index (Phi) is 3.35. The third-order valence-electron chi connectivity index (χ3n) is 1.81. The fraction of sp³-hybridized carbons (Fsp3) is 0.222. The van der Waals surface area contributed by atoms with Crippen LogP contribution in [0, 0.1) is 6.43 Å². The van der Waals surface area contributed by atoms with E-state index in [9.17, 15) is 35.1 Å². The van der Waals surface area contributed by atoms with E-state index < -0.39 is 35.5 Å². The third-order valence-corrected chi connectivity index (χ3v) is 1.81. The summed E-state index contributed by atoms with van der Waals surface area (Å²) >= 11 is 0. The first-order chi connectivity index (χ1) is 7.51. The predicted molar refractivity (Wildman–Crippen MR) is 41.0 cm³/mol. The summed E-state index contributed by atoms with van der Waals surface area (Å²) in [6.45, 7) is 0. The zero-order chi connectivity index (χ0) is 13.4. The van der Waals surface area contributed by atoms with Crippen molar-refractivity contribution in [2.24, 2.45) is 0 Å². The first kappa shape index (κ1) is 13.7. The van der Waals surface area contributed by atoms with Crippen LogP contribution in [-0.4, -0.2) is 0 Å². The van der Waals surface area contributed by atoms with Crippen LogP contribution in [0.5, 0.6) is 0 Å². The molecule has 1 radical (unpaired) electrons. The summed E-state index contributed by atoms with van der Waals surface area (Å²) in [5, 5.41) is 0. The first-order valence-corrected chi connectivity index (χ1v) is 3.99. The maximum Gasteiger partial charge on any atom is 0.416 e. The van der Waals surface area contributed by atoms with Gasteiger partial charge in [0.2, 0.25) is 0 Å². The lowest BCUT2D eigenvalue weighted by Gasteiger charge is -2.13. The van der Waals surface area contributed by atoms with Gasteiger partial charge in [0.25, 0.3) is 0 Å². The van der Waals surface area contributed by atoms with Crippen LogP contribution >= 0.6 is 0 Å². The molecule has 95 valence electrons. The van der Waals surface area contributed by atoms with Gasteiger partial charge in [0.05, 0.1) is 11.1 Å². The van der Waals surface area contributed by atoms with Crippen LogP contribution in [0.25, 0.3) is 0 Å². The third kappa shape index (κ3) is 3.31. The van der Waals surface area contributed by atoms with E-state index in [2.05, 4.69) is 0 Å². The van der Waals surface area contributed by atoms with Gasteiger partial charge >= 0.3 is 18.8 Å². The van der Waals surface area contributed by atoms with Gasteiger partial charge in [-0.2, -0.15) is 35.1 Å². The van der Waals surface area contributed by atoms with Gasteiger partial charge in [-0.05, 0) is 18.2 Å². The fourth-order valence-corrected chi connectivity index (χ4v) is 1.06. The molecule has 0 bridgehead atoms. The Bertz CT molecular complexity index is 368. The Morgan fingerprint density at radius 2 is 1.06 bits per heavy atom. The molecule has 0 heterocycles. The molecule has 0 aliphatic heterocycles. The van der Waals surface area contributed by atoms with E-state index in [1.165, 1.54) is 0 Å². The molecule has 0 fully saturated rings. The Morgan fingerprint density at radius 1 is 0.706 bits per heavy atom. The first-order valence-electron chi connectivity index (χ1n) is 3.99. The normalized spacial score (nSPS) is 13.2. The van der Waals surface area contributed by atoms with Crippen molar-refractivity contribution in [3.05, 3.63) is 41.3 Å². The van der Waals surface area contributed by atoms with Crippen molar-refractivity contribution in [3.63, 3.8) is 0 Å². The largest absolute Gasteiger partial charge is 0.416 e. The standard InChI is InChI=1S/C9H3F8/c10-7(11)4-1-5(8(12,13)14)3-6(2-4)9(15,16)17/h1-3H. The SMILES string of the molecule is F[C](F)c1cc(C(F)(F)F)cc(C(F)(F)F)c1. The van der Waals surface area contributed by atoms with Crippen LogP contribution in [0.3, 0.4) is 0 Å². The molecule has 1 aromatic rings. The lowest BCUT2D eigenvalue weighted by Crippen LogP contribution is -2.12. The number of rotatable bonds is 1. The van der Waals surface area contributed by atoms with E-state index in [-0.39, 0.29) is 18.2 Å². The lowest BCUT2D eigenvalue weighted by molar-refractivity contribution is -0.143. The van der Waals surface area contributed by atoms with Gasteiger partial charge in [0.15, 0.2) is 0 Å². The number of hydrogen-bond donors (Lipinski definition) is 0. The van der Waals surface area contributed by atoms with E-state index in [4.69, 9.17) is 0 Å². The molecular weight excluding hydrogens is 260 g/mol. The molecule has 17 heavy (non-hydrogen) atoms. The minimum atomic E-state index is -5.12.